The molecule has 0 unspecified atom stereocenters. The number of anilines is 4. The third-order valence-electron chi connectivity index (χ3n) is 5.54. The molecule has 0 spiro atoms. The van der Waals surface area contributed by atoms with Crippen LogP contribution in [0.5, 0.6) is 11.6 Å². The van der Waals surface area contributed by atoms with Crippen LogP contribution in [0, 0.1) is 0 Å². The number of carbonyl (C=O) groups is 1. The van der Waals surface area contributed by atoms with E-state index in [9.17, 15) is 4.79 Å². The monoisotopic (exact) mass is 494 g/mol. The van der Waals surface area contributed by atoms with E-state index in [0.29, 0.717) is 69.6 Å². The number of halogens is 1. The van der Waals surface area contributed by atoms with Crippen molar-refractivity contribution >= 4 is 40.5 Å². The van der Waals surface area contributed by atoms with Crippen molar-refractivity contribution in [1.82, 2.24) is 30.0 Å². The fraction of sp³-hybridized carbons (Fsp3) is 0.217. The van der Waals surface area contributed by atoms with Gasteiger partial charge < -0.3 is 30.4 Å². The number of hydrogen-bond acceptors (Lipinski definition) is 8. The Bertz CT molecular complexity index is 1410. The largest absolute Gasteiger partial charge is 0.493 e. The summed E-state index contributed by atoms with van der Waals surface area (Å²) < 4.78 is 12.4. The van der Waals surface area contributed by atoms with Gasteiger partial charge in [-0.05, 0) is 18.2 Å². The van der Waals surface area contributed by atoms with E-state index in [4.69, 9.17) is 21.1 Å². The molecule has 4 aromatic rings. The number of H-pyrrole nitrogens is 1. The second kappa shape index (κ2) is 9.18. The van der Waals surface area contributed by atoms with Gasteiger partial charge >= 0.3 is 0 Å². The summed E-state index contributed by atoms with van der Waals surface area (Å²) in [6.07, 6.45) is 4.06. The van der Waals surface area contributed by atoms with Gasteiger partial charge in [-0.25, -0.2) is 9.97 Å². The van der Waals surface area contributed by atoms with E-state index in [-0.39, 0.29) is 5.91 Å². The van der Waals surface area contributed by atoms with Gasteiger partial charge in [0.25, 0.3) is 11.8 Å². The molecule has 1 aromatic carbocycles. The van der Waals surface area contributed by atoms with Gasteiger partial charge in [0.2, 0.25) is 5.95 Å². The van der Waals surface area contributed by atoms with E-state index < -0.39 is 0 Å². The van der Waals surface area contributed by atoms with Gasteiger partial charge in [-0.15, -0.1) is 5.10 Å². The average Bonchev–Trinajstić information content (AvgIpc) is 3.40. The van der Waals surface area contributed by atoms with Crippen LogP contribution in [0.4, 0.5) is 23.0 Å². The molecule has 0 radical (unpaired) electrons. The van der Waals surface area contributed by atoms with Crippen LogP contribution < -0.4 is 25.4 Å². The first-order valence-electron chi connectivity index (χ1n) is 10.8. The zero-order valence-electron chi connectivity index (χ0n) is 19.3. The van der Waals surface area contributed by atoms with E-state index in [1.54, 1.807) is 56.5 Å². The maximum atomic E-state index is 12.8. The van der Waals surface area contributed by atoms with Gasteiger partial charge in [0.15, 0.2) is 5.75 Å². The predicted molar refractivity (Wildman–Crippen MR) is 132 cm³/mol. The Kier molecular flexibility index (Phi) is 5.91. The summed E-state index contributed by atoms with van der Waals surface area (Å²) in [4.78, 5) is 25.2. The number of nitrogens with one attached hydrogen (secondary N) is 4. The highest BCUT2D eigenvalue weighted by Gasteiger charge is 2.28. The van der Waals surface area contributed by atoms with Crippen molar-refractivity contribution in [1.29, 1.82) is 0 Å². The van der Waals surface area contributed by atoms with E-state index in [0.717, 1.165) is 5.69 Å². The third kappa shape index (κ3) is 4.21. The number of ether oxygens (including phenoxy) is 2. The van der Waals surface area contributed by atoms with Crippen LogP contribution in [0.25, 0.3) is 11.4 Å². The minimum atomic E-state index is -0.176. The molecule has 1 aliphatic rings. The number of amides is 1. The Labute approximate surface area is 205 Å². The van der Waals surface area contributed by atoms with Crippen LogP contribution in [0.3, 0.4) is 0 Å². The molecule has 0 atom stereocenters. The smallest absolute Gasteiger partial charge is 0.256 e. The highest BCUT2D eigenvalue weighted by molar-refractivity contribution is 6.32. The Morgan fingerprint density at radius 1 is 1.14 bits per heavy atom. The fourth-order valence-corrected chi connectivity index (χ4v) is 4.28. The van der Waals surface area contributed by atoms with Gasteiger partial charge in [-0.1, -0.05) is 17.7 Å². The summed E-state index contributed by atoms with van der Waals surface area (Å²) in [5.74, 6) is 1.06. The number of rotatable bonds is 7. The van der Waals surface area contributed by atoms with Gasteiger partial charge in [0.1, 0.15) is 5.69 Å². The van der Waals surface area contributed by atoms with Crippen LogP contribution >= 0.6 is 11.6 Å². The zero-order valence-corrected chi connectivity index (χ0v) is 20.0. The van der Waals surface area contributed by atoms with Gasteiger partial charge in [0, 0.05) is 31.9 Å². The summed E-state index contributed by atoms with van der Waals surface area (Å²) in [5.41, 5.74) is 4.37. The second-order valence-electron chi connectivity index (χ2n) is 7.80. The molecule has 5 rings (SSSR count). The fourth-order valence-electron chi connectivity index (χ4n) is 4.03. The molecule has 4 heterocycles. The molecule has 0 aliphatic carbocycles. The van der Waals surface area contributed by atoms with E-state index in [1.807, 2.05) is 6.07 Å². The maximum Gasteiger partial charge on any atom is 0.256 e. The zero-order chi connectivity index (χ0) is 24.5. The number of fused-ring (bicyclic) bond motifs is 1. The Balaban J connectivity index is 1.58. The lowest BCUT2D eigenvalue weighted by atomic mass is 10.1. The van der Waals surface area contributed by atoms with Crippen molar-refractivity contribution in [2.75, 3.05) is 31.4 Å². The summed E-state index contributed by atoms with van der Waals surface area (Å²) in [7, 11) is 4.88. The van der Waals surface area contributed by atoms with Crippen LogP contribution in [-0.4, -0.2) is 51.4 Å². The SMILES string of the molecule is COc1nn(C)cc1Nc1nccc(-c2[nH]c3c(c2Nc2cccc(Cl)c2OC)C(=O)NCC3)n1. The Hall–Kier alpha value is -4.25. The molecule has 0 fully saturated rings. The van der Waals surface area contributed by atoms with Gasteiger partial charge in [-0.3, -0.25) is 9.48 Å². The van der Waals surface area contributed by atoms with Crippen molar-refractivity contribution in [3.8, 4) is 23.0 Å². The van der Waals surface area contributed by atoms with Crippen LogP contribution in [0.2, 0.25) is 5.02 Å². The first-order chi connectivity index (χ1) is 17.0. The van der Waals surface area contributed by atoms with Crippen LogP contribution in [0.1, 0.15) is 16.1 Å². The molecular formula is C23H23ClN8O3. The number of para-hydroxylation sites is 1. The van der Waals surface area contributed by atoms with Crippen molar-refractivity contribution < 1.29 is 14.3 Å². The number of hydrogen-bond donors (Lipinski definition) is 4. The number of benzene rings is 1. The molecule has 35 heavy (non-hydrogen) atoms. The van der Waals surface area contributed by atoms with E-state index in [1.165, 1.54) is 0 Å². The quantitative estimate of drug-likeness (QED) is 0.306. The molecule has 1 amide bonds. The predicted octanol–water partition coefficient (Wildman–Crippen LogP) is 3.65. The standard InChI is InChI=1S/C23H23ClN8O3/c1-32-11-16(22(31-32)35-3)30-23-26-10-8-14(29-23)18-19(17-13(27-18)7-9-25-21(17)33)28-15-6-4-5-12(24)20(15)34-2/h4-6,8,10-11,27-28H,7,9H2,1-3H3,(H,25,33)(H,26,29,30). The summed E-state index contributed by atoms with van der Waals surface area (Å²) in [6.45, 7) is 0.545. The van der Waals surface area contributed by atoms with Crippen LogP contribution in [-0.2, 0) is 13.5 Å². The number of aromatic amines is 1. The molecule has 180 valence electrons. The molecule has 1 aliphatic heterocycles. The minimum Gasteiger partial charge on any atom is -0.493 e. The van der Waals surface area contributed by atoms with Crippen molar-refractivity contribution in [3.63, 3.8) is 0 Å². The molecule has 4 N–H and O–H groups in total. The first-order valence-corrected chi connectivity index (χ1v) is 11.2. The van der Waals surface area contributed by atoms with Crippen molar-refractivity contribution in [3.05, 3.63) is 52.9 Å². The highest BCUT2D eigenvalue weighted by Crippen LogP contribution is 2.40. The number of aryl methyl sites for hydroxylation is 1. The lowest BCUT2D eigenvalue weighted by Crippen LogP contribution is -2.31. The maximum absolute atomic E-state index is 12.8. The second-order valence-corrected chi connectivity index (χ2v) is 8.20. The molecular weight excluding hydrogens is 472 g/mol. The van der Waals surface area contributed by atoms with E-state index >= 15 is 0 Å². The summed E-state index contributed by atoms with van der Waals surface area (Å²) in [6, 6.07) is 7.14. The topological polar surface area (TPSA) is 131 Å². The van der Waals surface area contributed by atoms with Gasteiger partial charge in [0.05, 0.1) is 53.8 Å². The number of nitrogens with zero attached hydrogens (tertiary/aromatic N) is 4. The third-order valence-corrected chi connectivity index (χ3v) is 5.84. The lowest BCUT2D eigenvalue weighted by molar-refractivity contribution is 0.0947. The molecule has 11 nitrogen and oxygen atoms in total. The number of carbonyl (C=O) groups excluding carboxylic acids is 1. The average molecular weight is 495 g/mol. The normalized spacial score (nSPS) is 12.6. The lowest BCUT2D eigenvalue weighted by Gasteiger charge is -2.17. The first kappa shape index (κ1) is 22.5. The molecule has 0 saturated carbocycles. The number of methoxy groups -OCH3 is 2. The van der Waals surface area contributed by atoms with Crippen molar-refractivity contribution in [2.24, 2.45) is 7.05 Å². The molecule has 0 bridgehead atoms. The summed E-state index contributed by atoms with van der Waals surface area (Å²) >= 11 is 6.32. The highest BCUT2D eigenvalue weighted by atomic mass is 35.5. The van der Waals surface area contributed by atoms with Crippen LogP contribution in [0.15, 0.2) is 36.7 Å². The Morgan fingerprint density at radius 2 is 2.00 bits per heavy atom. The molecule has 3 aromatic heterocycles. The summed E-state index contributed by atoms with van der Waals surface area (Å²) in [5, 5.41) is 14.1. The number of aromatic nitrogens is 5. The van der Waals surface area contributed by atoms with E-state index in [2.05, 4.69) is 36.0 Å². The molecule has 12 heteroatoms. The van der Waals surface area contributed by atoms with Gasteiger partial charge in [-0.2, -0.15) is 0 Å². The van der Waals surface area contributed by atoms with Crippen molar-refractivity contribution in [2.45, 2.75) is 6.42 Å². The Morgan fingerprint density at radius 3 is 2.80 bits per heavy atom. The minimum absolute atomic E-state index is 0.176. The molecule has 0 saturated heterocycles.